The second-order valence-electron chi connectivity index (χ2n) is 2.36. The summed E-state index contributed by atoms with van der Waals surface area (Å²) >= 11 is 0. The highest BCUT2D eigenvalue weighted by Crippen LogP contribution is 2.04. The second kappa shape index (κ2) is 3.80. The molecule has 63 valence electrons. The second-order valence-corrected chi connectivity index (χ2v) is 2.36. The number of benzene rings is 1. The van der Waals surface area contributed by atoms with Gasteiger partial charge in [-0.1, -0.05) is 12.1 Å². The molecule has 0 amide bonds. The Balaban J connectivity index is 2.53. The maximum atomic E-state index is 12.4. The van der Waals surface area contributed by atoms with Crippen LogP contribution in [0.3, 0.4) is 0 Å². The third kappa shape index (κ3) is 2.65. The van der Waals surface area contributed by atoms with Gasteiger partial charge < -0.3 is 0 Å². The van der Waals surface area contributed by atoms with Crippen LogP contribution in [0.1, 0.15) is 5.56 Å². The Kier molecular flexibility index (Phi) is 2.74. The number of nitrogens with zero attached hydrogens (tertiary/aromatic N) is 1. The first-order valence-electron chi connectivity index (χ1n) is 3.46. The van der Waals surface area contributed by atoms with Crippen LogP contribution in [0, 0.1) is 17.1 Å². The van der Waals surface area contributed by atoms with Crippen molar-refractivity contribution in [1.29, 1.82) is 0 Å². The van der Waals surface area contributed by atoms with Gasteiger partial charge in [0.1, 0.15) is 10.7 Å². The predicted molar refractivity (Wildman–Crippen MR) is 42.5 cm³/mol. The third-order valence-electron chi connectivity index (χ3n) is 1.38. The van der Waals surface area contributed by atoms with E-state index in [-0.39, 0.29) is 12.4 Å². The molecule has 3 nitrogen and oxygen atoms in total. The van der Waals surface area contributed by atoms with Crippen LogP contribution in [-0.2, 0) is 0 Å². The molecule has 0 aliphatic heterocycles. The number of hydrazine groups is 1. The molecular weight excluding hydrogens is 159 g/mol. The Morgan fingerprint density at radius 1 is 1.42 bits per heavy atom. The van der Waals surface area contributed by atoms with Crippen molar-refractivity contribution in [3.8, 4) is 0 Å². The van der Waals surface area contributed by atoms with Crippen molar-refractivity contribution >= 4 is 0 Å². The van der Waals surface area contributed by atoms with E-state index < -0.39 is 0 Å². The average molecular weight is 168 g/mol. The quantitative estimate of drug-likeness (QED) is 0.416. The minimum Gasteiger partial charge on any atom is -0.207 e. The molecule has 0 spiro atoms. The normalized spacial score (nSPS) is 9.75. The van der Waals surface area contributed by atoms with Gasteiger partial charge in [0.15, 0.2) is 0 Å². The molecule has 0 fully saturated rings. The van der Waals surface area contributed by atoms with Gasteiger partial charge in [0.05, 0.1) is 11.3 Å². The van der Waals surface area contributed by atoms with Gasteiger partial charge in [-0.25, -0.2) is 4.39 Å². The zero-order valence-electron chi connectivity index (χ0n) is 6.40. The zero-order chi connectivity index (χ0) is 8.97. The standard InChI is InChI=1S/C8H9FN2O/c9-8-3-1-7(2-4-8)5-6-11(10)12/h1-5H,6H2,(H2,10,12)/q+1. The Bertz CT molecular complexity index is 271. The summed E-state index contributed by atoms with van der Waals surface area (Å²) in [6.45, 7) is 0.103. The van der Waals surface area contributed by atoms with Gasteiger partial charge in [0.25, 0.3) is 0 Å². The fraction of sp³-hybridized carbons (Fsp3) is 0.125. The van der Waals surface area contributed by atoms with E-state index in [9.17, 15) is 9.30 Å². The monoisotopic (exact) mass is 168 g/mol. The molecule has 0 aliphatic rings. The molecule has 1 radical (unpaired) electrons. The van der Waals surface area contributed by atoms with Crippen molar-refractivity contribution in [2.24, 2.45) is 5.84 Å². The lowest BCUT2D eigenvalue weighted by Gasteiger charge is -1.93. The summed E-state index contributed by atoms with van der Waals surface area (Å²) in [5.41, 5.74) is 0.780. The fourth-order valence-electron chi connectivity index (χ4n) is 0.794. The van der Waals surface area contributed by atoms with Crippen LogP contribution in [0.2, 0.25) is 0 Å². The fourth-order valence-corrected chi connectivity index (χ4v) is 0.794. The molecule has 0 saturated heterocycles. The molecule has 1 aromatic carbocycles. The van der Waals surface area contributed by atoms with Crippen molar-refractivity contribution in [3.05, 3.63) is 47.0 Å². The van der Waals surface area contributed by atoms with Crippen LogP contribution in [0.15, 0.2) is 24.3 Å². The summed E-state index contributed by atoms with van der Waals surface area (Å²) in [7, 11) is 0. The van der Waals surface area contributed by atoms with E-state index in [1.807, 2.05) is 0 Å². The van der Waals surface area contributed by atoms with Crippen LogP contribution < -0.4 is 5.84 Å². The first-order valence-corrected chi connectivity index (χ1v) is 3.46. The van der Waals surface area contributed by atoms with Gasteiger partial charge in [0.2, 0.25) is 6.54 Å². The van der Waals surface area contributed by atoms with Crippen LogP contribution in [0.25, 0.3) is 0 Å². The maximum Gasteiger partial charge on any atom is 0.232 e. The van der Waals surface area contributed by atoms with Gasteiger partial charge in [-0.2, -0.15) is 5.84 Å². The topological polar surface area (TPSA) is 46.1 Å². The van der Waals surface area contributed by atoms with E-state index >= 15 is 0 Å². The molecule has 0 saturated carbocycles. The number of nitroso groups, excluding NO2 is 1. The molecule has 1 aromatic rings. The van der Waals surface area contributed by atoms with Crippen LogP contribution >= 0.6 is 0 Å². The minimum absolute atomic E-state index is 0.103. The summed E-state index contributed by atoms with van der Waals surface area (Å²) in [5.74, 6) is 4.55. The number of hydrogen-bond donors (Lipinski definition) is 1. The molecule has 0 aromatic heterocycles. The van der Waals surface area contributed by atoms with Crippen LogP contribution in [-0.4, -0.2) is 11.4 Å². The predicted octanol–water partition coefficient (Wildman–Crippen LogP) is 1.03. The van der Waals surface area contributed by atoms with Gasteiger partial charge >= 0.3 is 0 Å². The number of halogens is 1. The lowest BCUT2D eigenvalue weighted by molar-refractivity contribution is -0.553. The van der Waals surface area contributed by atoms with E-state index in [2.05, 4.69) is 0 Å². The molecule has 0 heterocycles. The Hall–Kier alpha value is -1.45. The molecule has 4 heteroatoms. The van der Waals surface area contributed by atoms with Crippen molar-refractivity contribution < 1.29 is 9.26 Å². The van der Waals surface area contributed by atoms with Gasteiger partial charge in [-0.15, -0.1) is 0 Å². The lowest BCUT2D eigenvalue weighted by atomic mass is 10.1. The number of hydrogen-bond acceptors (Lipinski definition) is 1. The smallest absolute Gasteiger partial charge is 0.207 e. The van der Waals surface area contributed by atoms with E-state index in [1.54, 1.807) is 18.6 Å². The van der Waals surface area contributed by atoms with Crippen molar-refractivity contribution in [2.75, 3.05) is 6.54 Å². The molecule has 0 atom stereocenters. The first-order chi connectivity index (χ1) is 5.68. The summed E-state index contributed by atoms with van der Waals surface area (Å²) < 4.78 is 12.4. The van der Waals surface area contributed by atoms with Gasteiger partial charge in [0, 0.05) is 0 Å². The Morgan fingerprint density at radius 2 is 2.00 bits per heavy atom. The molecule has 0 unspecified atom stereocenters. The molecule has 0 aliphatic carbocycles. The van der Waals surface area contributed by atoms with Crippen molar-refractivity contribution in [3.63, 3.8) is 0 Å². The zero-order valence-corrected chi connectivity index (χ0v) is 6.40. The molecule has 12 heavy (non-hydrogen) atoms. The molecule has 2 N–H and O–H groups in total. The molecule has 1 rings (SSSR count). The minimum atomic E-state index is -0.293. The van der Waals surface area contributed by atoms with Crippen LogP contribution in [0.4, 0.5) is 4.39 Å². The maximum absolute atomic E-state index is 12.4. The highest BCUT2D eigenvalue weighted by atomic mass is 19.1. The average Bonchev–Trinajstić information content (AvgIpc) is 2.03. The van der Waals surface area contributed by atoms with E-state index in [1.165, 1.54) is 12.1 Å². The van der Waals surface area contributed by atoms with Crippen molar-refractivity contribution in [2.45, 2.75) is 0 Å². The van der Waals surface area contributed by atoms with Gasteiger partial charge in [-0.05, 0) is 17.7 Å². The molecule has 0 bridgehead atoms. The van der Waals surface area contributed by atoms with Gasteiger partial charge in [-0.3, -0.25) is 0 Å². The summed E-state index contributed by atoms with van der Waals surface area (Å²) in [6, 6.07) is 5.83. The Labute approximate surface area is 69.5 Å². The van der Waals surface area contributed by atoms with E-state index in [0.717, 1.165) is 5.56 Å². The largest absolute Gasteiger partial charge is 0.232 e. The summed E-state index contributed by atoms with van der Waals surface area (Å²) in [6.07, 6.45) is 1.62. The van der Waals surface area contributed by atoms with Crippen molar-refractivity contribution in [1.82, 2.24) is 0 Å². The van der Waals surface area contributed by atoms with E-state index in [4.69, 9.17) is 5.84 Å². The number of nitrogens with two attached hydrogens (primary N) is 1. The highest BCUT2D eigenvalue weighted by molar-refractivity contribution is 5.22. The third-order valence-corrected chi connectivity index (χ3v) is 1.38. The van der Waals surface area contributed by atoms with E-state index in [0.29, 0.717) is 4.87 Å². The lowest BCUT2D eigenvalue weighted by Crippen LogP contribution is -2.17. The SMILES string of the molecule is N[N+](=O)C[CH]c1ccc(F)cc1. The first kappa shape index (κ1) is 8.64. The highest BCUT2D eigenvalue weighted by Gasteiger charge is 2.02. The van der Waals surface area contributed by atoms with Crippen LogP contribution in [0.5, 0.6) is 0 Å². The summed E-state index contributed by atoms with van der Waals surface area (Å²) in [4.78, 5) is 10.6. The number of rotatable bonds is 3. The summed E-state index contributed by atoms with van der Waals surface area (Å²) in [5, 5.41) is 0. The molecular formula is C8H9FN2O+. The Morgan fingerprint density at radius 3 is 2.50 bits per heavy atom.